The molecule has 1 N–H and O–H groups in total. The number of β-amino-alcohol motifs (C(OH)–C–C–N with tert-alkyl or cyclic N) is 1. The van der Waals surface area contributed by atoms with Crippen molar-refractivity contribution in [2.45, 2.75) is 45.9 Å². The Hall–Kier alpha value is 0.350. The fraction of sp³-hybridized carbons (Fsp3) is 1.00. The molecule has 1 aliphatic rings. The van der Waals surface area contributed by atoms with Crippen molar-refractivity contribution in [3.05, 3.63) is 0 Å². The number of piperidine rings is 1. The molecule has 1 aliphatic heterocycles. The van der Waals surface area contributed by atoms with E-state index < -0.39 is 0 Å². The van der Waals surface area contributed by atoms with Crippen LogP contribution in [0.4, 0.5) is 0 Å². The zero-order valence-corrected chi connectivity index (χ0v) is 12.0. The minimum absolute atomic E-state index is 0.175. The first-order valence-electron chi connectivity index (χ1n) is 6.19. The van der Waals surface area contributed by atoms with Gasteiger partial charge in [0.15, 0.2) is 0 Å². The molecule has 92 valence electrons. The second-order valence-electron chi connectivity index (χ2n) is 4.39. The van der Waals surface area contributed by atoms with Crippen LogP contribution in [-0.2, 0) is 0 Å². The maximum atomic E-state index is 9.31. The van der Waals surface area contributed by atoms with Gasteiger partial charge in [-0.2, -0.15) is 0 Å². The Morgan fingerprint density at radius 1 is 1.40 bits per heavy atom. The summed E-state index contributed by atoms with van der Waals surface area (Å²) in [7, 11) is 1.05. The monoisotopic (exact) mass is 233 g/mol. The number of likely N-dealkylation sites (tertiary alicyclic amines) is 1. The largest absolute Gasteiger partial charge is 0.392 e. The van der Waals surface area contributed by atoms with Crippen LogP contribution in [0.2, 0.25) is 0 Å². The van der Waals surface area contributed by atoms with Gasteiger partial charge in [0.1, 0.15) is 0 Å². The lowest BCUT2D eigenvalue weighted by molar-refractivity contribution is 0.100. The predicted octanol–water partition coefficient (Wildman–Crippen LogP) is 2.41. The predicted molar refractivity (Wildman–Crippen MR) is 71.3 cm³/mol. The molecule has 0 aromatic carbocycles. The number of hydrogen-bond acceptors (Lipinski definition) is 2. The molecule has 0 aromatic heterocycles. The maximum Gasteiger partial charge on any atom is 0.0639 e. The molecule has 1 heterocycles. The number of aliphatic hydroxyl groups is 1. The topological polar surface area (TPSA) is 23.5 Å². The number of aliphatic hydroxyl groups excluding tert-OH is 1. The third kappa shape index (κ3) is 6.50. The summed E-state index contributed by atoms with van der Waals surface area (Å²) < 4.78 is 0. The van der Waals surface area contributed by atoms with Gasteiger partial charge in [0.2, 0.25) is 0 Å². The van der Waals surface area contributed by atoms with E-state index in [1.807, 2.05) is 20.8 Å². The molecular weight excluding hydrogens is 205 g/mol. The van der Waals surface area contributed by atoms with Crippen LogP contribution < -0.4 is 0 Å². The van der Waals surface area contributed by atoms with Crippen LogP contribution in [0.15, 0.2) is 0 Å². The van der Waals surface area contributed by atoms with Crippen molar-refractivity contribution in [2.24, 2.45) is 5.92 Å². The lowest BCUT2D eigenvalue weighted by atomic mass is 9.99. The summed E-state index contributed by atoms with van der Waals surface area (Å²) in [5, 5.41) is 9.31. The third-order valence-corrected chi connectivity index (χ3v) is 3.90. The van der Waals surface area contributed by atoms with Gasteiger partial charge in [-0.15, -0.1) is 8.58 Å². The highest BCUT2D eigenvalue weighted by Gasteiger charge is 2.23. The van der Waals surface area contributed by atoms with Crippen LogP contribution in [0.3, 0.4) is 0 Å². The van der Waals surface area contributed by atoms with Crippen LogP contribution in [0.25, 0.3) is 0 Å². The van der Waals surface area contributed by atoms with E-state index in [1.54, 1.807) is 0 Å². The number of rotatable bonds is 3. The second kappa shape index (κ2) is 8.50. The molecule has 0 spiro atoms. The Labute approximate surface area is 97.2 Å². The summed E-state index contributed by atoms with van der Waals surface area (Å²) in [6, 6.07) is 0. The summed E-state index contributed by atoms with van der Waals surface area (Å²) in [6.45, 7) is 13.7. The zero-order chi connectivity index (χ0) is 11.8. The van der Waals surface area contributed by atoms with Crippen LogP contribution >= 0.6 is 8.58 Å². The SMILES string of the molecule is CC.CPC1CC(C)CN(CC(C)O)C1. The average Bonchev–Trinajstić information content (AvgIpc) is 2.18. The van der Waals surface area contributed by atoms with E-state index in [2.05, 4.69) is 18.5 Å². The van der Waals surface area contributed by atoms with Gasteiger partial charge in [0, 0.05) is 19.6 Å². The molecule has 0 radical (unpaired) electrons. The van der Waals surface area contributed by atoms with E-state index in [9.17, 15) is 5.11 Å². The molecular formula is C12H28NOP. The Bertz CT molecular complexity index is 151. The Morgan fingerprint density at radius 2 is 2.00 bits per heavy atom. The lowest BCUT2D eigenvalue weighted by Gasteiger charge is -2.36. The molecule has 0 saturated carbocycles. The summed E-state index contributed by atoms with van der Waals surface area (Å²) in [4.78, 5) is 2.42. The highest BCUT2D eigenvalue weighted by molar-refractivity contribution is 7.37. The zero-order valence-electron chi connectivity index (χ0n) is 11.0. The van der Waals surface area contributed by atoms with E-state index in [-0.39, 0.29) is 6.10 Å². The summed E-state index contributed by atoms with van der Waals surface area (Å²) >= 11 is 0. The molecule has 1 saturated heterocycles. The van der Waals surface area contributed by atoms with Crippen molar-refractivity contribution in [1.29, 1.82) is 0 Å². The molecule has 4 unspecified atom stereocenters. The van der Waals surface area contributed by atoms with Gasteiger partial charge in [-0.3, -0.25) is 4.90 Å². The molecule has 15 heavy (non-hydrogen) atoms. The Kier molecular flexibility index (Phi) is 8.69. The molecule has 0 bridgehead atoms. The first kappa shape index (κ1) is 15.3. The minimum Gasteiger partial charge on any atom is -0.392 e. The van der Waals surface area contributed by atoms with E-state index in [4.69, 9.17) is 0 Å². The van der Waals surface area contributed by atoms with Gasteiger partial charge < -0.3 is 5.11 Å². The smallest absolute Gasteiger partial charge is 0.0639 e. The van der Waals surface area contributed by atoms with Crippen LogP contribution in [-0.4, -0.2) is 48.1 Å². The van der Waals surface area contributed by atoms with Crippen LogP contribution in [0, 0.1) is 5.92 Å². The fourth-order valence-electron chi connectivity index (χ4n) is 2.19. The normalized spacial score (nSPS) is 30.0. The molecule has 1 rings (SSSR count). The minimum atomic E-state index is -0.175. The van der Waals surface area contributed by atoms with Crippen molar-refractivity contribution in [3.63, 3.8) is 0 Å². The lowest BCUT2D eigenvalue weighted by Crippen LogP contribution is -2.43. The van der Waals surface area contributed by atoms with Crippen molar-refractivity contribution in [2.75, 3.05) is 26.3 Å². The first-order valence-corrected chi connectivity index (χ1v) is 7.77. The highest BCUT2D eigenvalue weighted by atomic mass is 31.1. The van der Waals surface area contributed by atoms with Crippen molar-refractivity contribution < 1.29 is 5.11 Å². The van der Waals surface area contributed by atoms with E-state index in [0.29, 0.717) is 0 Å². The fourth-order valence-corrected chi connectivity index (χ4v) is 3.27. The Morgan fingerprint density at radius 3 is 2.47 bits per heavy atom. The van der Waals surface area contributed by atoms with Crippen molar-refractivity contribution >= 4 is 8.58 Å². The van der Waals surface area contributed by atoms with Gasteiger partial charge in [-0.05, 0) is 31.6 Å². The molecule has 2 nitrogen and oxygen atoms in total. The molecule has 4 atom stereocenters. The van der Waals surface area contributed by atoms with Gasteiger partial charge in [0.05, 0.1) is 6.10 Å². The maximum absolute atomic E-state index is 9.31. The standard InChI is InChI=1S/C10H22NOP.C2H6/c1-8-4-10(13-3)7-11(5-8)6-9(2)12;1-2/h8-10,12-13H,4-7H2,1-3H3;1-2H3. The summed E-state index contributed by atoms with van der Waals surface area (Å²) in [5.41, 5.74) is 0.877. The third-order valence-electron chi connectivity index (χ3n) is 2.67. The van der Waals surface area contributed by atoms with E-state index >= 15 is 0 Å². The quantitative estimate of drug-likeness (QED) is 0.757. The summed E-state index contributed by atoms with van der Waals surface area (Å²) in [6.07, 6.45) is 1.21. The van der Waals surface area contributed by atoms with Crippen LogP contribution in [0.1, 0.15) is 34.1 Å². The van der Waals surface area contributed by atoms with Gasteiger partial charge >= 0.3 is 0 Å². The van der Waals surface area contributed by atoms with Crippen LogP contribution in [0.5, 0.6) is 0 Å². The number of nitrogens with zero attached hydrogens (tertiary/aromatic N) is 1. The van der Waals surface area contributed by atoms with Crippen molar-refractivity contribution in [1.82, 2.24) is 4.90 Å². The van der Waals surface area contributed by atoms with Gasteiger partial charge in [0.25, 0.3) is 0 Å². The second-order valence-corrected chi connectivity index (χ2v) is 5.79. The van der Waals surface area contributed by atoms with Crippen molar-refractivity contribution in [3.8, 4) is 0 Å². The first-order chi connectivity index (χ1) is 7.11. The molecule has 1 fully saturated rings. The highest BCUT2D eigenvalue weighted by Crippen LogP contribution is 2.27. The Balaban J connectivity index is 0.000000921. The van der Waals surface area contributed by atoms with Gasteiger partial charge in [-0.1, -0.05) is 20.8 Å². The molecule has 3 heteroatoms. The average molecular weight is 233 g/mol. The molecule has 0 aliphatic carbocycles. The molecule has 0 aromatic rings. The summed E-state index contributed by atoms with van der Waals surface area (Å²) in [5.74, 6) is 0.810. The number of hydrogen-bond donors (Lipinski definition) is 1. The van der Waals surface area contributed by atoms with Gasteiger partial charge in [-0.25, -0.2) is 0 Å². The van der Waals surface area contributed by atoms with E-state index in [1.165, 1.54) is 19.5 Å². The van der Waals surface area contributed by atoms with E-state index in [0.717, 1.165) is 26.7 Å². The molecule has 0 amide bonds.